The van der Waals surface area contributed by atoms with Crippen LogP contribution in [0.4, 0.5) is 0 Å². The van der Waals surface area contributed by atoms with Crippen LogP contribution in [-0.2, 0) is 4.79 Å². The third-order valence-electron chi connectivity index (χ3n) is 2.04. The standard InChI is InChI=1S/C12H15NO/c1-9(2)12(10(3)14)7-11-5-4-6-13-8-11/h4-9H,1-3H3/b12-7+. The zero-order valence-electron chi connectivity index (χ0n) is 8.82. The first-order valence-corrected chi connectivity index (χ1v) is 4.74. The Morgan fingerprint density at radius 1 is 1.50 bits per heavy atom. The second-order valence-corrected chi connectivity index (χ2v) is 3.60. The fourth-order valence-corrected chi connectivity index (χ4v) is 1.32. The normalized spacial score (nSPS) is 11.9. The van der Waals surface area contributed by atoms with E-state index < -0.39 is 0 Å². The Hall–Kier alpha value is -1.44. The van der Waals surface area contributed by atoms with Gasteiger partial charge in [0.2, 0.25) is 0 Å². The smallest absolute Gasteiger partial charge is 0.156 e. The fourth-order valence-electron chi connectivity index (χ4n) is 1.32. The van der Waals surface area contributed by atoms with Crippen molar-refractivity contribution in [3.8, 4) is 0 Å². The molecule has 0 radical (unpaired) electrons. The molecule has 0 bridgehead atoms. The van der Waals surface area contributed by atoms with E-state index in [1.165, 1.54) is 0 Å². The van der Waals surface area contributed by atoms with E-state index in [-0.39, 0.29) is 11.7 Å². The van der Waals surface area contributed by atoms with Gasteiger partial charge in [-0.3, -0.25) is 9.78 Å². The summed E-state index contributed by atoms with van der Waals surface area (Å²) in [5.74, 6) is 0.386. The number of Topliss-reactive ketones (excluding diaryl/α,β-unsaturated/α-hetero) is 1. The van der Waals surface area contributed by atoms with Crippen LogP contribution in [0.5, 0.6) is 0 Å². The van der Waals surface area contributed by atoms with Crippen molar-refractivity contribution in [2.45, 2.75) is 20.8 Å². The van der Waals surface area contributed by atoms with Crippen LogP contribution in [0.25, 0.3) is 6.08 Å². The maximum atomic E-state index is 11.3. The Kier molecular flexibility index (Phi) is 3.57. The first kappa shape index (κ1) is 10.6. The van der Waals surface area contributed by atoms with Crippen molar-refractivity contribution in [3.05, 3.63) is 35.7 Å². The molecule has 0 aliphatic rings. The van der Waals surface area contributed by atoms with E-state index in [1.54, 1.807) is 19.3 Å². The quantitative estimate of drug-likeness (QED) is 0.684. The van der Waals surface area contributed by atoms with E-state index in [0.29, 0.717) is 0 Å². The minimum absolute atomic E-state index is 0.129. The van der Waals surface area contributed by atoms with Crippen LogP contribution in [0.3, 0.4) is 0 Å². The number of carbonyl (C=O) groups is 1. The van der Waals surface area contributed by atoms with Crippen molar-refractivity contribution >= 4 is 11.9 Å². The summed E-state index contributed by atoms with van der Waals surface area (Å²) in [6.45, 7) is 5.63. The van der Waals surface area contributed by atoms with Crippen molar-refractivity contribution in [1.82, 2.24) is 4.98 Å². The molecule has 0 aromatic carbocycles. The van der Waals surface area contributed by atoms with Crippen LogP contribution in [0.1, 0.15) is 26.3 Å². The summed E-state index contributed by atoms with van der Waals surface area (Å²) < 4.78 is 0. The number of allylic oxidation sites excluding steroid dienone is 1. The van der Waals surface area contributed by atoms with Crippen molar-refractivity contribution in [2.75, 3.05) is 0 Å². The second-order valence-electron chi connectivity index (χ2n) is 3.60. The Labute approximate surface area is 84.7 Å². The summed E-state index contributed by atoms with van der Waals surface area (Å²) in [6, 6.07) is 3.81. The van der Waals surface area contributed by atoms with E-state index in [1.807, 2.05) is 32.1 Å². The monoisotopic (exact) mass is 189 g/mol. The van der Waals surface area contributed by atoms with Gasteiger partial charge in [0.1, 0.15) is 0 Å². The molecule has 0 saturated carbocycles. The predicted octanol–water partition coefficient (Wildman–Crippen LogP) is 2.71. The molecular formula is C12H15NO. The topological polar surface area (TPSA) is 30.0 Å². The second kappa shape index (κ2) is 4.70. The molecule has 2 heteroatoms. The summed E-state index contributed by atoms with van der Waals surface area (Å²) in [7, 11) is 0. The van der Waals surface area contributed by atoms with Gasteiger partial charge in [-0.2, -0.15) is 0 Å². The maximum absolute atomic E-state index is 11.3. The lowest BCUT2D eigenvalue weighted by molar-refractivity contribution is -0.113. The molecule has 0 atom stereocenters. The number of rotatable bonds is 3. The van der Waals surface area contributed by atoms with Crippen LogP contribution in [-0.4, -0.2) is 10.8 Å². The number of hydrogen-bond donors (Lipinski definition) is 0. The zero-order chi connectivity index (χ0) is 10.6. The zero-order valence-corrected chi connectivity index (χ0v) is 8.82. The molecule has 0 aliphatic heterocycles. The van der Waals surface area contributed by atoms with Crippen LogP contribution < -0.4 is 0 Å². The third-order valence-corrected chi connectivity index (χ3v) is 2.04. The molecule has 0 aliphatic carbocycles. The number of pyridine rings is 1. The van der Waals surface area contributed by atoms with Crippen LogP contribution in [0.2, 0.25) is 0 Å². The number of hydrogen-bond acceptors (Lipinski definition) is 2. The molecular weight excluding hydrogens is 174 g/mol. The molecule has 14 heavy (non-hydrogen) atoms. The Balaban J connectivity index is 3.00. The van der Waals surface area contributed by atoms with Gasteiger partial charge in [-0.15, -0.1) is 0 Å². The van der Waals surface area contributed by atoms with Crippen molar-refractivity contribution < 1.29 is 4.79 Å². The van der Waals surface area contributed by atoms with Crippen LogP contribution in [0.15, 0.2) is 30.1 Å². The van der Waals surface area contributed by atoms with E-state index in [9.17, 15) is 4.79 Å². The lowest BCUT2D eigenvalue weighted by atomic mass is 9.98. The molecule has 1 rings (SSSR count). The Morgan fingerprint density at radius 3 is 2.64 bits per heavy atom. The summed E-state index contributed by atoms with van der Waals surface area (Å²) in [5, 5.41) is 0. The first-order chi connectivity index (χ1) is 6.61. The maximum Gasteiger partial charge on any atom is 0.156 e. The molecule has 0 unspecified atom stereocenters. The van der Waals surface area contributed by atoms with E-state index >= 15 is 0 Å². The third kappa shape index (κ3) is 2.80. The van der Waals surface area contributed by atoms with E-state index in [2.05, 4.69) is 4.98 Å². The van der Waals surface area contributed by atoms with Gasteiger partial charge in [-0.25, -0.2) is 0 Å². The highest BCUT2D eigenvalue weighted by Crippen LogP contribution is 2.14. The number of carbonyl (C=O) groups excluding carboxylic acids is 1. The highest BCUT2D eigenvalue weighted by atomic mass is 16.1. The average molecular weight is 189 g/mol. The van der Waals surface area contributed by atoms with Crippen LogP contribution >= 0.6 is 0 Å². The summed E-state index contributed by atoms with van der Waals surface area (Å²) in [6.07, 6.45) is 5.38. The highest BCUT2D eigenvalue weighted by Gasteiger charge is 2.07. The van der Waals surface area contributed by atoms with Crippen molar-refractivity contribution in [2.24, 2.45) is 5.92 Å². The van der Waals surface area contributed by atoms with Crippen LogP contribution in [0, 0.1) is 5.92 Å². The number of nitrogens with zero attached hydrogens (tertiary/aromatic N) is 1. The molecule has 1 aromatic heterocycles. The number of ketones is 1. The molecule has 74 valence electrons. The molecule has 0 saturated heterocycles. The summed E-state index contributed by atoms with van der Waals surface area (Å²) in [5.41, 5.74) is 1.82. The van der Waals surface area contributed by atoms with Gasteiger partial charge in [0.15, 0.2) is 5.78 Å². The largest absolute Gasteiger partial charge is 0.295 e. The van der Waals surface area contributed by atoms with Gasteiger partial charge < -0.3 is 0 Å². The van der Waals surface area contributed by atoms with Gasteiger partial charge in [-0.05, 0) is 36.1 Å². The SMILES string of the molecule is CC(=O)/C(=C/c1cccnc1)C(C)C. The number of aromatic nitrogens is 1. The molecule has 2 nitrogen and oxygen atoms in total. The molecule has 0 N–H and O–H groups in total. The van der Waals surface area contributed by atoms with Gasteiger partial charge in [0.25, 0.3) is 0 Å². The first-order valence-electron chi connectivity index (χ1n) is 4.74. The predicted molar refractivity (Wildman–Crippen MR) is 57.7 cm³/mol. The minimum atomic E-state index is 0.129. The molecule has 0 amide bonds. The lowest BCUT2D eigenvalue weighted by Gasteiger charge is -2.06. The highest BCUT2D eigenvalue weighted by molar-refractivity contribution is 5.98. The summed E-state index contributed by atoms with van der Waals surface area (Å²) in [4.78, 5) is 15.3. The van der Waals surface area contributed by atoms with Gasteiger partial charge in [-0.1, -0.05) is 19.9 Å². The summed E-state index contributed by atoms with van der Waals surface area (Å²) >= 11 is 0. The van der Waals surface area contributed by atoms with Gasteiger partial charge >= 0.3 is 0 Å². The van der Waals surface area contributed by atoms with Gasteiger partial charge in [0, 0.05) is 12.4 Å². The molecule has 0 fully saturated rings. The fraction of sp³-hybridized carbons (Fsp3) is 0.333. The van der Waals surface area contributed by atoms with Crippen molar-refractivity contribution in [1.29, 1.82) is 0 Å². The Morgan fingerprint density at radius 2 is 2.21 bits per heavy atom. The molecule has 0 spiro atoms. The van der Waals surface area contributed by atoms with Crippen molar-refractivity contribution in [3.63, 3.8) is 0 Å². The van der Waals surface area contributed by atoms with Gasteiger partial charge in [0.05, 0.1) is 0 Å². The minimum Gasteiger partial charge on any atom is -0.295 e. The van der Waals surface area contributed by atoms with E-state index in [4.69, 9.17) is 0 Å². The lowest BCUT2D eigenvalue weighted by Crippen LogP contribution is -2.03. The molecule has 1 heterocycles. The Bertz CT molecular complexity index is 339. The molecule has 1 aromatic rings. The average Bonchev–Trinajstić information content (AvgIpc) is 2.15. The van der Waals surface area contributed by atoms with E-state index in [0.717, 1.165) is 11.1 Å².